The highest BCUT2D eigenvalue weighted by molar-refractivity contribution is 6.67. The Morgan fingerprint density at radius 3 is 2.69 bits per heavy atom. The molecule has 0 aliphatic heterocycles. The summed E-state index contributed by atoms with van der Waals surface area (Å²) in [6.45, 7) is 1.39. The van der Waals surface area contributed by atoms with Crippen LogP contribution in [0.3, 0.4) is 0 Å². The quantitative estimate of drug-likeness (QED) is 0.695. The van der Waals surface area contributed by atoms with Gasteiger partial charge in [-0.3, -0.25) is 9.78 Å². The van der Waals surface area contributed by atoms with Crippen molar-refractivity contribution >= 4 is 16.8 Å². The van der Waals surface area contributed by atoms with Crippen molar-refractivity contribution in [2.45, 2.75) is 13.3 Å². The zero-order valence-electron chi connectivity index (χ0n) is 6.72. The molecule has 0 saturated heterocycles. The van der Waals surface area contributed by atoms with Crippen molar-refractivity contribution in [2.24, 2.45) is 0 Å². The average Bonchev–Trinajstić information content (AvgIpc) is 2.03. The van der Waals surface area contributed by atoms with Crippen LogP contribution in [0.2, 0.25) is 0 Å². The van der Waals surface area contributed by atoms with Gasteiger partial charge in [-0.25, -0.2) is 8.78 Å². The molecule has 2 nitrogen and oxygen atoms in total. The molecule has 1 aromatic heterocycles. The van der Waals surface area contributed by atoms with E-state index in [1.165, 1.54) is 13.0 Å². The molecule has 1 heterocycles. The number of hydrogen-bond donors (Lipinski definition) is 0. The first kappa shape index (κ1) is 10.1. The Hall–Kier alpha value is -1.03. The highest BCUT2D eigenvalue weighted by Gasteiger charge is 2.16. The molecule has 1 aromatic rings. The summed E-state index contributed by atoms with van der Waals surface area (Å²) in [5.41, 5.74) is -0.184. The van der Waals surface area contributed by atoms with Gasteiger partial charge in [0, 0.05) is 11.8 Å². The highest BCUT2D eigenvalue weighted by Crippen LogP contribution is 2.22. The van der Waals surface area contributed by atoms with Crippen LogP contribution in [0, 0.1) is 6.92 Å². The summed E-state index contributed by atoms with van der Waals surface area (Å²) in [5, 5.41) is -0.748. The summed E-state index contributed by atoms with van der Waals surface area (Å²) < 4.78 is 24.5. The summed E-state index contributed by atoms with van der Waals surface area (Å²) in [6.07, 6.45) is -1.54. The lowest BCUT2D eigenvalue weighted by atomic mass is 10.1. The second kappa shape index (κ2) is 3.79. The minimum absolute atomic E-state index is 0.0759. The van der Waals surface area contributed by atoms with Crippen molar-refractivity contribution in [1.29, 1.82) is 0 Å². The molecule has 0 unspecified atom stereocenters. The predicted molar refractivity (Wildman–Crippen MR) is 44.1 cm³/mol. The molecule has 0 saturated carbocycles. The monoisotopic (exact) mass is 205 g/mol. The number of nitrogens with zero attached hydrogens (tertiary/aromatic N) is 1. The molecule has 5 heteroatoms. The lowest BCUT2D eigenvalue weighted by Gasteiger charge is -2.05. The minimum atomic E-state index is -2.68. The Morgan fingerprint density at radius 1 is 1.62 bits per heavy atom. The van der Waals surface area contributed by atoms with Crippen LogP contribution in [0.5, 0.6) is 0 Å². The van der Waals surface area contributed by atoms with E-state index in [1.54, 1.807) is 0 Å². The molecule has 0 atom stereocenters. The van der Waals surface area contributed by atoms with Crippen LogP contribution in [-0.2, 0) is 0 Å². The van der Waals surface area contributed by atoms with Gasteiger partial charge in [0.05, 0.1) is 0 Å². The van der Waals surface area contributed by atoms with Crippen LogP contribution in [0.15, 0.2) is 12.3 Å². The van der Waals surface area contributed by atoms with Crippen LogP contribution >= 0.6 is 11.6 Å². The van der Waals surface area contributed by atoms with E-state index in [-0.39, 0.29) is 11.1 Å². The molecular weight excluding hydrogens is 200 g/mol. The summed E-state index contributed by atoms with van der Waals surface area (Å²) in [4.78, 5) is 14.2. The molecule has 70 valence electrons. The maximum Gasteiger partial charge on any atom is 0.280 e. The number of carbonyl (C=O) groups excluding carboxylic acids is 1. The Morgan fingerprint density at radius 2 is 2.23 bits per heavy atom. The van der Waals surface area contributed by atoms with Gasteiger partial charge in [-0.15, -0.1) is 0 Å². The fraction of sp³-hybridized carbons (Fsp3) is 0.250. The van der Waals surface area contributed by atoms with Gasteiger partial charge in [-0.05, 0) is 30.2 Å². The number of aromatic nitrogens is 1. The van der Waals surface area contributed by atoms with Gasteiger partial charge in [0.25, 0.3) is 11.7 Å². The van der Waals surface area contributed by atoms with Crippen molar-refractivity contribution < 1.29 is 13.6 Å². The molecule has 0 radical (unpaired) electrons. The molecule has 0 spiro atoms. The van der Waals surface area contributed by atoms with Crippen molar-refractivity contribution in [3.05, 3.63) is 29.1 Å². The lowest BCUT2D eigenvalue weighted by Crippen LogP contribution is -2.01. The summed E-state index contributed by atoms with van der Waals surface area (Å²) in [7, 11) is 0. The summed E-state index contributed by atoms with van der Waals surface area (Å²) in [5.74, 6) is 0. The van der Waals surface area contributed by atoms with Crippen LogP contribution in [0.4, 0.5) is 8.78 Å². The molecule has 1 rings (SSSR count). The van der Waals surface area contributed by atoms with E-state index in [0.29, 0.717) is 0 Å². The number of pyridine rings is 1. The second-order valence-corrected chi connectivity index (χ2v) is 2.79. The molecule has 0 fully saturated rings. The Labute approximate surface area is 78.5 Å². The van der Waals surface area contributed by atoms with Gasteiger partial charge in [-0.2, -0.15) is 0 Å². The number of carbonyl (C=O) groups is 1. The fourth-order valence-corrected chi connectivity index (χ4v) is 1.19. The maximum atomic E-state index is 12.3. The van der Waals surface area contributed by atoms with Gasteiger partial charge in [0.1, 0.15) is 5.69 Å². The Balaban J connectivity index is 3.26. The number of halogens is 3. The first-order chi connectivity index (χ1) is 6.04. The first-order valence-electron chi connectivity index (χ1n) is 3.47. The Kier molecular flexibility index (Phi) is 2.93. The van der Waals surface area contributed by atoms with Gasteiger partial charge < -0.3 is 0 Å². The number of alkyl halides is 2. The molecule has 0 amide bonds. The van der Waals surface area contributed by atoms with Gasteiger partial charge in [0.2, 0.25) is 0 Å². The average molecular weight is 206 g/mol. The van der Waals surface area contributed by atoms with Crippen LogP contribution in [0.1, 0.15) is 28.0 Å². The van der Waals surface area contributed by atoms with Crippen molar-refractivity contribution in [3.63, 3.8) is 0 Å². The summed E-state index contributed by atoms with van der Waals surface area (Å²) in [6, 6.07) is 1.32. The topological polar surface area (TPSA) is 30.0 Å². The van der Waals surface area contributed by atoms with E-state index in [0.717, 1.165) is 6.20 Å². The molecular formula is C8H6ClF2NO. The normalized spacial score (nSPS) is 10.5. The SMILES string of the molecule is Cc1c(C(=O)Cl)ccnc1C(F)F. The zero-order chi connectivity index (χ0) is 10.0. The van der Waals surface area contributed by atoms with Crippen molar-refractivity contribution in [1.82, 2.24) is 4.98 Å². The number of hydrogen-bond acceptors (Lipinski definition) is 2. The van der Waals surface area contributed by atoms with Crippen molar-refractivity contribution in [2.75, 3.05) is 0 Å². The van der Waals surface area contributed by atoms with E-state index in [1.807, 2.05) is 0 Å². The molecule has 13 heavy (non-hydrogen) atoms. The minimum Gasteiger partial charge on any atom is -0.276 e. The van der Waals surface area contributed by atoms with Gasteiger partial charge >= 0.3 is 0 Å². The maximum absolute atomic E-state index is 12.3. The predicted octanol–water partition coefficient (Wildman–Crippen LogP) is 2.71. The Bertz CT molecular complexity index is 341. The smallest absolute Gasteiger partial charge is 0.276 e. The zero-order valence-corrected chi connectivity index (χ0v) is 7.48. The third-order valence-corrected chi connectivity index (χ3v) is 1.87. The van der Waals surface area contributed by atoms with E-state index < -0.39 is 17.4 Å². The largest absolute Gasteiger partial charge is 0.280 e. The van der Waals surface area contributed by atoms with E-state index in [2.05, 4.69) is 4.98 Å². The highest BCUT2D eigenvalue weighted by atomic mass is 35.5. The molecule has 0 aromatic carbocycles. The van der Waals surface area contributed by atoms with Crippen LogP contribution in [-0.4, -0.2) is 10.2 Å². The third-order valence-electron chi connectivity index (χ3n) is 1.66. The van der Waals surface area contributed by atoms with E-state index in [9.17, 15) is 13.6 Å². The van der Waals surface area contributed by atoms with Gasteiger partial charge in [0.15, 0.2) is 0 Å². The van der Waals surface area contributed by atoms with Gasteiger partial charge in [-0.1, -0.05) is 0 Å². The van der Waals surface area contributed by atoms with Crippen LogP contribution in [0.25, 0.3) is 0 Å². The van der Waals surface area contributed by atoms with E-state index >= 15 is 0 Å². The fourth-order valence-electron chi connectivity index (χ4n) is 0.985. The summed E-state index contributed by atoms with van der Waals surface area (Å²) >= 11 is 5.17. The van der Waals surface area contributed by atoms with E-state index in [4.69, 9.17) is 11.6 Å². The molecule has 0 N–H and O–H groups in total. The lowest BCUT2D eigenvalue weighted by molar-refractivity contribution is 0.107. The second-order valence-electron chi connectivity index (χ2n) is 2.44. The first-order valence-corrected chi connectivity index (χ1v) is 3.85. The molecule has 0 aliphatic carbocycles. The number of rotatable bonds is 2. The molecule has 0 aliphatic rings. The van der Waals surface area contributed by atoms with Crippen LogP contribution < -0.4 is 0 Å². The third kappa shape index (κ3) is 2.01. The van der Waals surface area contributed by atoms with Crippen molar-refractivity contribution in [3.8, 4) is 0 Å². The molecule has 0 bridgehead atoms. The standard InChI is InChI=1S/C8H6ClF2NO/c1-4-5(7(9)13)2-3-12-6(4)8(10)11/h2-3,8H,1H3.